The van der Waals surface area contributed by atoms with Crippen molar-refractivity contribution in [3.63, 3.8) is 0 Å². The van der Waals surface area contributed by atoms with Gasteiger partial charge in [0.25, 0.3) is 5.91 Å². The molecule has 4 rings (SSSR count). The van der Waals surface area contributed by atoms with Gasteiger partial charge in [-0.3, -0.25) is 14.6 Å². The normalized spacial score (nSPS) is 17.1. The summed E-state index contributed by atoms with van der Waals surface area (Å²) in [6, 6.07) is 19.1. The summed E-state index contributed by atoms with van der Waals surface area (Å²) in [6.45, 7) is 5.67. The number of carbonyl (C=O) groups excluding carboxylic acids is 2. The van der Waals surface area contributed by atoms with Gasteiger partial charge in [0.15, 0.2) is 0 Å². The highest BCUT2D eigenvalue weighted by Gasteiger charge is 2.35. The predicted molar refractivity (Wildman–Crippen MR) is 124 cm³/mol. The quantitative estimate of drug-likeness (QED) is 0.672. The van der Waals surface area contributed by atoms with E-state index in [1.807, 2.05) is 41.4 Å². The monoisotopic (exact) mass is 431 g/mol. The zero-order valence-electron chi connectivity index (χ0n) is 18.6. The fourth-order valence-electron chi connectivity index (χ4n) is 4.23. The van der Waals surface area contributed by atoms with Gasteiger partial charge < -0.3 is 15.0 Å². The van der Waals surface area contributed by atoms with Crippen LogP contribution in [0, 0.1) is 5.92 Å². The van der Waals surface area contributed by atoms with Crippen LogP contribution in [0.5, 0.6) is 0 Å². The molecule has 1 fully saturated rings. The van der Waals surface area contributed by atoms with Crippen molar-refractivity contribution in [1.29, 1.82) is 0 Å². The molecule has 0 radical (unpaired) electrons. The summed E-state index contributed by atoms with van der Waals surface area (Å²) in [7, 11) is 0. The van der Waals surface area contributed by atoms with Gasteiger partial charge in [0.1, 0.15) is 5.54 Å². The fourth-order valence-corrected chi connectivity index (χ4v) is 4.23. The lowest BCUT2D eigenvalue weighted by molar-refractivity contribution is -0.137. The number of para-hydroxylation sites is 1. The maximum atomic E-state index is 13.4. The van der Waals surface area contributed by atoms with Crippen LogP contribution < -0.4 is 5.32 Å². The molecule has 32 heavy (non-hydrogen) atoms. The van der Waals surface area contributed by atoms with Gasteiger partial charge in [-0.05, 0) is 44.0 Å². The molecule has 2 amide bonds. The van der Waals surface area contributed by atoms with Gasteiger partial charge in [0.05, 0.1) is 18.7 Å². The Morgan fingerprint density at radius 3 is 2.69 bits per heavy atom. The Morgan fingerprint density at radius 2 is 1.88 bits per heavy atom. The Hall–Kier alpha value is -3.25. The number of benzene rings is 2. The average Bonchev–Trinajstić information content (AvgIpc) is 3.04. The molecule has 1 aliphatic rings. The van der Waals surface area contributed by atoms with Crippen LogP contribution in [0.25, 0.3) is 10.9 Å². The van der Waals surface area contributed by atoms with Crippen molar-refractivity contribution in [2.75, 3.05) is 26.3 Å². The number of aromatic nitrogens is 1. The van der Waals surface area contributed by atoms with Crippen LogP contribution >= 0.6 is 0 Å². The first-order chi connectivity index (χ1) is 15.4. The van der Waals surface area contributed by atoms with E-state index < -0.39 is 5.54 Å². The van der Waals surface area contributed by atoms with E-state index in [4.69, 9.17) is 4.74 Å². The van der Waals surface area contributed by atoms with E-state index in [0.29, 0.717) is 31.9 Å². The summed E-state index contributed by atoms with van der Waals surface area (Å²) in [5.74, 6) is -0.212. The topological polar surface area (TPSA) is 71.5 Å². The molecule has 2 aromatic carbocycles. The Morgan fingerprint density at radius 1 is 1.09 bits per heavy atom. The van der Waals surface area contributed by atoms with Crippen molar-refractivity contribution < 1.29 is 14.3 Å². The molecule has 0 bridgehead atoms. The standard InChI is InChI=1S/C26H29N3O3/c1-26(2,28-24(30)21-8-4-3-5-9-21)25(31)29-14-15-32-18-19(17-29)16-22-11-6-10-20-12-7-13-27-23(20)22/h3-13,19H,14-18H2,1-2H3,(H,28,30). The van der Waals surface area contributed by atoms with E-state index in [-0.39, 0.29) is 17.7 Å². The molecule has 2 heterocycles. The molecule has 0 aliphatic carbocycles. The van der Waals surface area contributed by atoms with Crippen LogP contribution in [0.4, 0.5) is 0 Å². The Labute approximate surface area is 188 Å². The number of nitrogens with one attached hydrogen (secondary N) is 1. The minimum Gasteiger partial charge on any atom is -0.379 e. The first-order valence-corrected chi connectivity index (χ1v) is 11.0. The van der Waals surface area contributed by atoms with Crippen LogP contribution in [0.3, 0.4) is 0 Å². The van der Waals surface area contributed by atoms with E-state index in [9.17, 15) is 9.59 Å². The summed E-state index contributed by atoms with van der Waals surface area (Å²) in [5.41, 5.74) is 1.66. The highest BCUT2D eigenvalue weighted by atomic mass is 16.5. The van der Waals surface area contributed by atoms with Crippen LogP contribution in [0.15, 0.2) is 66.9 Å². The van der Waals surface area contributed by atoms with E-state index in [0.717, 1.165) is 22.9 Å². The van der Waals surface area contributed by atoms with Gasteiger partial charge >= 0.3 is 0 Å². The van der Waals surface area contributed by atoms with Crippen molar-refractivity contribution in [3.8, 4) is 0 Å². The van der Waals surface area contributed by atoms with Gasteiger partial charge in [-0.1, -0.05) is 42.5 Å². The molecule has 1 aromatic heterocycles. The molecular formula is C26H29N3O3. The third-order valence-electron chi connectivity index (χ3n) is 5.85. The minimum atomic E-state index is -1.02. The van der Waals surface area contributed by atoms with Gasteiger partial charge in [-0.15, -0.1) is 0 Å². The van der Waals surface area contributed by atoms with Crippen molar-refractivity contribution in [1.82, 2.24) is 15.2 Å². The second-order valence-corrected chi connectivity index (χ2v) is 8.83. The molecule has 6 nitrogen and oxygen atoms in total. The smallest absolute Gasteiger partial charge is 0.252 e. The number of amides is 2. The van der Waals surface area contributed by atoms with E-state index in [2.05, 4.69) is 28.5 Å². The number of ether oxygens (including phenoxy) is 1. The summed E-state index contributed by atoms with van der Waals surface area (Å²) < 4.78 is 5.83. The molecule has 0 saturated carbocycles. The summed E-state index contributed by atoms with van der Waals surface area (Å²) >= 11 is 0. The number of nitrogens with zero attached hydrogens (tertiary/aromatic N) is 2. The van der Waals surface area contributed by atoms with Gasteiger partial charge in [0.2, 0.25) is 5.91 Å². The SMILES string of the molecule is CC(C)(NC(=O)c1ccccc1)C(=O)N1CCOCC(Cc2cccc3cccnc23)C1. The lowest BCUT2D eigenvalue weighted by Crippen LogP contribution is -2.56. The molecule has 6 heteroatoms. The van der Waals surface area contributed by atoms with Crippen LogP contribution in [0.2, 0.25) is 0 Å². The van der Waals surface area contributed by atoms with E-state index in [1.165, 1.54) is 0 Å². The van der Waals surface area contributed by atoms with Crippen LogP contribution in [0.1, 0.15) is 29.8 Å². The predicted octanol–water partition coefficient (Wildman–Crippen LogP) is 3.46. The second-order valence-electron chi connectivity index (χ2n) is 8.83. The van der Waals surface area contributed by atoms with Crippen LogP contribution in [-0.2, 0) is 16.0 Å². The van der Waals surface area contributed by atoms with Crippen molar-refractivity contribution in [2.24, 2.45) is 5.92 Å². The molecular weight excluding hydrogens is 402 g/mol. The number of pyridine rings is 1. The number of rotatable bonds is 5. The van der Waals surface area contributed by atoms with Gasteiger partial charge in [0, 0.05) is 36.2 Å². The molecule has 0 spiro atoms. The maximum Gasteiger partial charge on any atom is 0.252 e. The van der Waals surface area contributed by atoms with Gasteiger partial charge in [-0.25, -0.2) is 0 Å². The number of carbonyl (C=O) groups is 2. The molecule has 1 aliphatic heterocycles. The minimum absolute atomic E-state index is 0.103. The Kier molecular flexibility index (Phi) is 6.51. The zero-order chi connectivity index (χ0) is 22.6. The zero-order valence-corrected chi connectivity index (χ0v) is 18.6. The maximum absolute atomic E-state index is 13.4. The fraction of sp³-hybridized carbons (Fsp3) is 0.346. The molecule has 1 atom stereocenters. The summed E-state index contributed by atoms with van der Waals surface area (Å²) in [6.07, 6.45) is 2.58. The largest absolute Gasteiger partial charge is 0.379 e. The molecule has 1 saturated heterocycles. The summed E-state index contributed by atoms with van der Waals surface area (Å²) in [5, 5.41) is 4.01. The highest BCUT2D eigenvalue weighted by molar-refractivity contribution is 5.98. The van der Waals surface area contributed by atoms with Crippen molar-refractivity contribution in [3.05, 3.63) is 78.0 Å². The molecule has 1 N–H and O–H groups in total. The highest BCUT2D eigenvalue weighted by Crippen LogP contribution is 2.22. The Balaban J connectivity index is 1.47. The van der Waals surface area contributed by atoms with Crippen molar-refractivity contribution >= 4 is 22.7 Å². The average molecular weight is 432 g/mol. The second kappa shape index (κ2) is 9.49. The Bertz CT molecular complexity index is 1090. The lowest BCUT2D eigenvalue weighted by Gasteiger charge is -2.33. The first-order valence-electron chi connectivity index (χ1n) is 11.0. The molecule has 3 aromatic rings. The third kappa shape index (κ3) is 4.97. The number of hydrogen-bond acceptors (Lipinski definition) is 4. The van der Waals surface area contributed by atoms with E-state index >= 15 is 0 Å². The third-order valence-corrected chi connectivity index (χ3v) is 5.85. The lowest BCUT2D eigenvalue weighted by atomic mass is 9.96. The van der Waals surface area contributed by atoms with Gasteiger partial charge in [-0.2, -0.15) is 0 Å². The molecule has 166 valence electrons. The van der Waals surface area contributed by atoms with Crippen LogP contribution in [-0.4, -0.2) is 53.5 Å². The number of hydrogen-bond donors (Lipinski definition) is 1. The first kappa shape index (κ1) is 22.0. The van der Waals surface area contributed by atoms with E-state index in [1.54, 1.807) is 26.0 Å². The number of fused-ring (bicyclic) bond motifs is 1. The summed E-state index contributed by atoms with van der Waals surface area (Å²) in [4.78, 5) is 32.4. The molecule has 1 unspecified atom stereocenters. The van der Waals surface area contributed by atoms with Crippen molar-refractivity contribution in [2.45, 2.75) is 25.8 Å².